The molecule has 2 bridgehead atoms. The van der Waals surface area contributed by atoms with E-state index < -0.39 is 23.6 Å². The topological polar surface area (TPSA) is 167 Å². The number of fused-ring (bicyclic) bond motifs is 3. The van der Waals surface area contributed by atoms with Gasteiger partial charge in [-0.2, -0.15) is 0 Å². The molecule has 0 radical (unpaired) electrons. The SMILES string of the molecule is CN(CC(N)=O)C(=O)OCc1cccc2nnc([C@@H](COCC3C[C@H]4CC[C@@H]3C4)NC(=O)C(C)(C)N)n12. The maximum atomic E-state index is 12.8. The van der Waals surface area contributed by atoms with Crippen molar-refractivity contribution >= 4 is 23.6 Å². The Balaban J connectivity index is 1.52. The molecule has 12 heteroatoms. The van der Waals surface area contributed by atoms with E-state index in [2.05, 4.69) is 15.5 Å². The zero-order chi connectivity index (χ0) is 26.7. The van der Waals surface area contributed by atoms with E-state index in [1.54, 1.807) is 36.4 Å². The van der Waals surface area contributed by atoms with Crippen LogP contribution in [0.25, 0.3) is 5.65 Å². The Morgan fingerprint density at radius 1 is 1.24 bits per heavy atom. The summed E-state index contributed by atoms with van der Waals surface area (Å²) in [5.41, 5.74) is 11.2. The van der Waals surface area contributed by atoms with Crippen molar-refractivity contribution in [1.29, 1.82) is 0 Å². The predicted octanol–water partition coefficient (Wildman–Crippen LogP) is 1.13. The molecule has 2 aliphatic rings. The molecule has 0 aromatic carbocycles. The number of pyridine rings is 1. The number of amides is 3. The predicted molar refractivity (Wildman–Crippen MR) is 134 cm³/mol. The molecule has 4 rings (SSSR count). The van der Waals surface area contributed by atoms with Crippen molar-refractivity contribution in [2.45, 2.75) is 57.7 Å². The summed E-state index contributed by atoms with van der Waals surface area (Å²) >= 11 is 0. The summed E-state index contributed by atoms with van der Waals surface area (Å²) in [6, 6.07) is 4.68. The van der Waals surface area contributed by atoms with Gasteiger partial charge in [-0.25, -0.2) is 4.79 Å². The van der Waals surface area contributed by atoms with Crippen molar-refractivity contribution in [2.24, 2.45) is 29.2 Å². The fraction of sp³-hybridized carbons (Fsp3) is 0.640. The van der Waals surface area contributed by atoms with E-state index in [4.69, 9.17) is 20.9 Å². The van der Waals surface area contributed by atoms with Crippen LogP contribution in [0.5, 0.6) is 0 Å². The number of primary amides is 1. The third kappa shape index (κ3) is 6.37. The normalized spacial score (nSPS) is 21.7. The number of nitrogens with two attached hydrogens (primary N) is 2. The first-order valence-corrected chi connectivity index (χ1v) is 12.7. The van der Waals surface area contributed by atoms with Gasteiger partial charge in [-0.3, -0.25) is 14.0 Å². The zero-order valence-electron chi connectivity index (χ0n) is 21.7. The van der Waals surface area contributed by atoms with Gasteiger partial charge >= 0.3 is 6.09 Å². The first-order chi connectivity index (χ1) is 17.5. The monoisotopic (exact) mass is 515 g/mol. The van der Waals surface area contributed by atoms with E-state index in [1.165, 1.54) is 32.7 Å². The number of likely N-dealkylation sites (N-methyl/N-ethyl adjacent to an activating group) is 1. The average molecular weight is 516 g/mol. The summed E-state index contributed by atoms with van der Waals surface area (Å²) in [4.78, 5) is 37.3. The Bertz CT molecular complexity index is 1140. The van der Waals surface area contributed by atoms with Crippen molar-refractivity contribution in [1.82, 2.24) is 24.8 Å². The molecule has 1 unspecified atom stereocenters. The smallest absolute Gasteiger partial charge is 0.410 e. The molecule has 2 aromatic heterocycles. The molecule has 12 nitrogen and oxygen atoms in total. The number of nitrogens with one attached hydrogen (secondary N) is 1. The van der Waals surface area contributed by atoms with E-state index in [-0.39, 0.29) is 25.7 Å². The minimum Gasteiger partial charge on any atom is -0.443 e. The number of carbonyl (C=O) groups is 3. The van der Waals surface area contributed by atoms with E-state index in [0.717, 1.165) is 16.7 Å². The van der Waals surface area contributed by atoms with Crippen molar-refractivity contribution < 1.29 is 23.9 Å². The quantitative estimate of drug-likeness (QED) is 0.400. The first-order valence-electron chi connectivity index (χ1n) is 12.7. The third-order valence-electron chi connectivity index (χ3n) is 7.29. The van der Waals surface area contributed by atoms with Crippen molar-refractivity contribution in [3.63, 3.8) is 0 Å². The highest BCUT2D eigenvalue weighted by atomic mass is 16.6. The van der Waals surface area contributed by atoms with Gasteiger partial charge < -0.3 is 31.2 Å². The number of rotatable bonds is 11. The number of hydrogen-bond donors (Lipinski definition) is 3. The molecule has 2 aliphatic carbocycles. The van der Waals surface area contributed by atoms with Gasteiger partial charge in [-0.05, 0) is 63.0 Å². The highest BCUT2D eigenvalue weighted by Crippen LogP contribution is 2.48. The Morgan fingerprint density at radius 3 is 2.68 bits per heavy atom. The standard InChI is InChI=1S/C25H37N7O5/c1-25(2,27)23(34)28-19(14-36-12-17-10-15-7-8-16(17)9-15)22-30-29-21-6-4-5-18(32(21)22)13-37-24(35)31(3)11-20(26)33/h4-6,15-17,19H,7-14,27H2,1-3H3,(H2,26,33)(H,28,34)/t15-,16+,17?,19+/m0/s1. The highest BCUT2D eigenvalue weighted by molar-refractivity contribution is 5.85. The lowest BCUT2D eigenvalue weighted by Crippen LogP contribution is -2.51. The Kier molecular flexibility index (Phi) is 7.98. The molecule has 0 aliphatic heterocycles. The zero-order valence-corrected chi connectivity index (χ0v) is 21.7. The van der Waals surface area contributed by atoms with Crippen LogP contribution >= 0.6 is 0 Å². The van der Waals surface area contributed by atoms with Crippen LogP contribution in [-0.2, 0) is 25.7 Å². The van der Waals surface area contributed by atoms with Crippen LogP contribution in [-0.4, -0.2) is 69.8 Å². The molecule has 0 saturated heterocycles. The molecular weight excluding hydrogens is 478 g/mol. The van der Waals surface area contributed by atoms with Gasteiger partial charge in [0, 0.05) is 13.7 Å². The Hall–Kier alpha value is -3.25. The minimum absolute atomic E-state index is 0.112. The van der Waals surface area contributed by atoms with Gasteiger partial charge in [0.05, 0.1) is 17.8 Å². The van der Waals surface area contributed by atoms with Gasteiger partial charge in [0.2, 0.25) is 11.8 Å². The average Bonchev–Trinajstić information content (AvgIpc) is 3.56. The van der Waals surface area contributed by atoms with E-state index in [9.17, 15) is 14.4 Å². The van der Waals surface area contributed by atoms with Gasteiger partial charge in [0.15, 0.2) is 11.5 Å². The van der Waals surface area contributed by atoms with E-state index in [0.29, 0.717) is 29.7 Å². The van der Waals surface area contributed by atoms with Crippen LogP contribution in [0.15, 0.2) is 18.2 Å². The van der Waals surface area contributed by atoms with Crippen LogP contribution in [0.4, 0.5) is 4.79 Å². The Morgan fingerprint density at radius 2 is 2.03 bits per heavy atom. The van der Waals surface area contributed by atoms with E-state index >= 15 is 0 Å². The number of hydrogen-bond acceptors (Lipinski definition) is 8. The second-order valence-corrected chi connectivity index (χ2v) is 10.9. The van der Waals surface area contributed by atoms with Gasteiger partial charge in [-0.1, -0.05) is 12.5 Å². The second-order valence-electron chi connectivity index (χ2n) is 10.9. The molecule has 2 fully saturated rings. The Labute approximate surface area is 216 Å². The molecule has 5 N–H and O–H groups in total. The summed E-state index contributed by atoms with van der Waals surface area (Å²) < 4.78 is 13.3. The molecule has 2 aromatic rings. The number of aromatic nitrogens is 3. The molecule has 37 heavy (non-hydrogen) atoms. The van der Waals surface area contributed by atoms with E-state index in [1.807, 2.05) is 0 Å². The van der Waals surface area contributed by atoms with Crippen molar-refractivity contribution in [2.75, 3.05) is 26.8 Å². The summed E-state index contributed by atoms with van der Waals surface area (Å²) in [5.74, 6) is 1.54. The molecule has 2 heterocycles. The number of nitrogens with zero attached hydrogens (tertiary/aromatic N) is 4. The summed E-state index contributed by atoms with van der Waals surface area (Å²) in [6.07, 6.45) is 4.38. The molecule has 2 saturated carbocycles. The summed E-state index contributed by atoms with van der Waals surface area (Å²) in [7, 11) is 1.42. The molecule has 3 amide bonds. The van der Waals surface area contributed by atoms with Crippen LogP contribution in [0.3, 0.4) is 0 Å². The molecule has 202 valence electrons. The lowest BCUT2D eigenvalue weighted by Gasteiger charge is -2.26. The third-order valence-corrected chi connectivity index (χ3v) is 7.29. The molecular formula is C25H37N7O5. The fourth-order valence-electron chi connectivity index (χ4n) is 5.36. The van der Waals surface area contributed by atoms with Crippen LogP contribution in [0.2, 0.25) is 0 Å². The number of ether oxygens (including phenoxy) is 2. The summed E-state index contributed by atoms with van der Waals surface area (Å²) in [6.45, 7) is 3.72. The summed E-state index contributed by atoms with van der Waals surface area (Å²) in [5, 5.41) is 11.6. The lowest BCUT2D eigenvalue weighted by molar-refractivity contribution is -0.126. The van der Waals surface area contributed by atoms with Crippen molar-refractivity contribution in [3.8, 4) is 0 Å². The van der Waals surface area contributed by atoms with Gasteiger partial charge in [0.25, 0.3) is 0 Å². The lowest BCUT2D eigenvalue weighted by atomic mass is 9.89. The van der Waals surface area contributed by atoms with Gasteiger partial charge in [-0.15, -0.1) is 10.2 Å². The molecule has 4 atom stereocenters. The largest absolute Gasteiger partial charge is 0.443 e. The second kappa shape index (κ2) is 11.0. The highest BCUT2D eigenvalue weighted by Gasteiger charge is 2.39. The number of carbonyl (C=O) groups excluding carboxylic acids is 3. The maximum absolute atomic E-state index is 12.8. The minimum atomic E-state index is -1.10. The maximum Gasteiger partial charge on any atom is 0.410 e. The first kappa shape index (κ1) is 26.8. The van der Waals surface area contributed by atoms with Crippen molar-refractivity contribution in [3.05, 3.63) is 29.7 Å². The van der Waals surface area contributed by atoms with Crippen LogP contribution in [0.1, 0.15) is 57.1 Å². The molecule has 0 spiro atoms. The van der Waals surface area contributed by atoms with Crippen LogP contribution in [0, 0.1) is 17.8 Å². The van der Waals surface area contributed by atoms with Gasteiger partial charge in [0.1, 0.15) is 19.2 Å². The van der Waals surface area contributed by atoms with Crippen LogP contribution < -0.4 is 16.8 Å². The fourth-order valence-corrected chi connectivity index (χ4v) is 5.36.